The van der Waals surface area contributed by atoms with Crippen molar-refractivity contribution in [1.82, 2.24) is 29.7 Å². The number of hydrogen-bond acceptors (Lipinski definition) is 3. The summed E-state index contributed by atoms with van der Waals surface area (Å²) in [5.74, 6) is -1.01. The zero-order chi connectivity index (χ0) is 27.4. The molecule has 9 heteroatoms. The first-order valence-corrected chi connectivity index (χ1v) is 14.4. The van der Waals surface area contributed by atoms with E-state index in [9.17, 15) is 13.6 Å². The summed E-state index contributed by atoms with van der Waals surface area (Å²) in [6.07, 6.45) is 9.59. The monoisotopic (exact) mass is 544 g/mol. The molecule has 208 valence electrons. The summed E-state index contributed by atoms with van der Waals surface area (Å²) in [4.78, 5) is 17.6. The first-order valence-electron chi connectivity index (χ1n) is 14.4. The predicted molar refractivity (Wildman–Crippen MR) is 149 cm³/mol. The van der Waals surface area contributed by atoms with Gasteiger partial charge in [-0.25, -0.2) is 13.6 Å². The summed E-state index contributed by atoms with van der Waals surface area (Å²) in [5.41, 5.74) is 6.67. The predicted octanol–water partition coefficient (Wildman–Crippen LogP) is 5.43. The molecule has 2 amide bonds. The highest BCUT2D eigenvalue weighted by Gasteiger charge is 2.43. The molecule has 3 aliphatic rings. The van der Waals surface area contributed by atoms with Gasteiger partial charge in [0.25, 0.3) is 0 Å². The van der Waals surface area contributed by atoms with Gasteiger partial charge in [-0.1, -0.05) is 13.0 Å². The van der Waals surface area contributed by atoms with E-state index >= 15 is 0 Å². The van der Waals surface area contributed by atoms with Crippen molar-refractivity contribution in [2.45, 2.75) is 76.7 Å². The van der Waals surface area contributed by atoms with E-state index in [2.05, 4.69) is 62.3 Å². The van der Waals surface area contributed by atoms with Gasteiger partial charge in [-0.15, -0.1) is 0 Å². The van der Waals surface area contributed by atoms with Crippen molar-refractivity contribution < 1.29 is 13.6 Å². The van der Waals surface area contributed by atoms with E-state index in [-0.39, 0.29) is 30.2 Å². The fraction of sp³-hybridized carbons (Fsp3) is 0.419. The zero-order valence-electron chi connectivity index (χ0n) is 22.7. The summed E-state index contributed by atoms with van der Waals surface area (Å²) in [7, 11) is 0. The van der Waals surface area contributed by atoms with Gasteiger partial charge in [-0.3, -0.25) is 10.00 Å². The van der Waals surface area contributed by atoms with E-state index in [1.54, 1.807) is 0 Å². The van der Waals surface area contributed by atoms with Crippen LogP contribution in [0.25, 0.3) is 16.8 Å². The molecular formula is C31H34F2N6O. The lowest BCUT2D eigenvalue weighted by atomic mass is 9.96. The van der Waals surface area contributed by atoms with Gasteiger partial charge in [0.2, 0.25) is 0 Å². The Labute approximate surface area is 232 Å². The zero-order valence-corrected chi connectivity index (χ0v) is 22.7. The molecule has 2 saturated heterocycles. The second-order valence-corrected chi connectivity index (χ2v) is 11.4. The number of carbonyl (C=O) groups is 1. The summed E-state index contributed by atoms with van der Waals surface area (Å²) in [6, 6.07) is 10.7. The maximum atomic E-state index is 14.4. The number of benzene rings is 1. The number of amides is 2. The number of aromatic nitrogens is 3. The molecule has 0 saturated carbocycles. The van der Waals surface area contributed by atoms with Gasteiger partial charge in [0.05, 0.1) is 12.2 Å². The number of nitrogens with zero attached hydrogens (tertiary/aromatic N) is 4. The number of fused-ring (bicyclic) bond motifs is 4. The maximum Gasteiger partial charge on any atom is 0.317 e. The summed E-state index contributed by atoms with van der Waals surface area (Å²) < 4.78 is 31.0. The summed E-state index contributed by atoms with van der Waals surface area (Å²) in [6.45, 7) is 3.49. The number of pyridine rings is 1. The van der Waals surface area contributed by atoms with Gasteiger partial charge in [-0.05, 0) is 68.0 Å². The second-order valence-electron chi connectivity index (χ2n) is 11.4. The normalized spacial score (nSPS) is 22.6. The molecule has 2 N–H and O–H groups in total. The van der Waals surface area contributed by atoms with Crippen molar-refractivity contribution in [3.8, 4) is 11.3 Å². The molecule has 1 unspecified atom stereocenters. The SMILES string of the molecule is CCc1ccn2cc(-c3n[nH]c4c3CN(C(=O)NC3CC[C@H]5CC[C@@H]3N5Cc3c(F)cccc3F)CC4)ccc12. The molecule has 0 radical (unpaired) electrons. The highest BCUT2D eigenvalue weighted by Crippen LogP contribution is 2.38. The van der Waals surface area contributed by atoms with Crippen molar-refractivity contribution in [1.29, 1.82) is 0 Å². The van der Waals surface area contributed by atoms with Crippen LogP contribution in [0.4, 0.5) is 13.6 Å². The minimum atomic E-state index is -0.507. The van der Waals surface area contributed by atoms with Crippen molar-refractivity contribution in [2.24, 2.45) is 0 Å². The lowest BCUT2D eigenvalue weighted by Gasteiger charge is -2.41. The van der Waals surface area contributed by atoms with Gasteiger partial charge < -0.3 is 14.6 Å². The third kappa shape index (κ3) is 4.27. The summed E-state index contributed by atoms with van der Waals surface area (Å²) >= 11 is 0. The molecule has 2 bridgehead atoms. The third-order valence-corrected chi connectivity index (χ3v) is 9.29. The Morgan fingerprint density at radius 1 is 1.10 bits per heavy atom. The van der Waals surface area contributed by atoms with Crippen molar-refractivity contribution >= 4 is 11.5 Å². The van der Waals surface area contributed by atoms with Crippen molar-refractivity contribution in [2.75, 3.05) is 6.54 Å². The molecular weight excluding hydrogens is 510 g/mol. The Morgan fingerprint density at radius 2 is 1.93 bits per heavy atom. The van der Waals surface area contributed by atoms with Gasteiger partial charge in [-0.2, -0.15) is 5.10 Å². The highest BCUT2D eigenvalue weighted by atomic mass is 19.1. The number of piperidine rings is 1. The molecule has 0 spiro atoms. The molecule has 3 aromatic heterocycles. The standard InChI is InChI=1S/C31H34F2N6O/c1-2-19-12-14-37-16-20(6-10-28(19)37)30-23-17-38(15-13-26(23)35-36-30)31(40)34-27-9-7-21-8-11-29(27)39(21)18-22-24(32)4-3-5-25(22)33/h3-6,10,12,14,16,21,27,29H,2,7-9,11,13,15,17-18H2,1H3,(H,34,40)(H,35,36)/t21-,27?,29-/m0/s1. The lowest BCUT2D eigenvalue weighted by Crippen LogP contribution is -2.56. The number of aryl methyl sites for hydroxylation is 1. The molecule has 3 atom stereocenters. The minimum absolute atomic E-state index is 0.0461. The van der Waals surface area contributed by atoms with E-state index in [1.165, 1.54) is 29.3 Å². The Hall–Kier alpha value is -3.72. The second kappa shape index (κ2) is 10.0. The molecule has 7 rings (SSSR count). The Balaban J connectivity index is 1.07. The van der Waals surface area contributed by atoms with Crippen molar-refractivity contribution in [3.05, 3.63) is 82.8 Å². The highest BCUT2D eigenvalue weighted by molar-refractivity contribution is 5.76. The first kappa shape index (κ1) is 25.3. The first-order chi connectivity index (χ1) is 19.5. The quantitative estimate of drug-likeness (QED) is 0.352. The van der Waals surface area contributed by atoms with Crippen LogP contribution in [0.15, 0.2) is 48.8 Å². The van der Waals surface area contributed by atoms with Crippen LogP contribution in [0.2, 0.25) is 0 Å². The fourth-order valence-corrected chi connectivity index (χ4v) is 7.12. The molecule has 4 aromatic rings. The number of aromatic amines is 1. The molecule has 7 nitrogen and oxygen atoms in total. The molecule has 3 aliphatic heterocycles. The maximum absolute atomic E-state index is 14.4. The van der Waals surface area contributed by atoms with Gasteiger partial charge in [0, 0.05) is 77.9 Å². The van der Waals surface area contributed by atoms with Crippen LogP contribution in [0.3, 0.4) is 0 Å². The minimum Gasteiger partial charge on any atom is -0.334 e. The number of hydrogen-bond donors (Lipinski definition) is 2. The summed E-state index contributed by atoms with van der Waals surface area (Å²) in [5, 5.41) is 11.1. The molecule has 40 heavy (non-hydrogen) atoms. The molecule has 6 heterocycles. The average Bonchev–Trinajstić information content (AvgIpc) is 3.65. The third-order valence-electron chi connectivity index (χ3n) is 9.29. The van der Waals surface area contributed by atoms with Crippen LogP contribution in [0.1, 0.15) is 55.0 Å². The largest absolute Gasteiger partial charge is 0.334 e. The number of carbonyl (C=O) groups excluding carboxylic acids is 1. The fourth-order valence-electron chi connectivity index (χ4n) is 7.12. The number of halogens is 2. The van der Waals surface area contributed by atoms with E-state index in [1.807, 2.05) is 4.90 Å². The van der Waals surface area contributed by atoms with Crippen LogP contribution in [0, 0.1) is 11.6 Å². The smallest absolute Gasteiger partial charge is 0.317 e. The van der Waals surface area contributed by atoms with Crippen LogP contribution in [-0.4, -0.2) is 55.1 Å². The molecule has 1 aromatic carbocycles. The van der Waals surface area contributed by atoms with E-state index < -0.39 is 11.6 Å². The van der Waals surface area contributed by atoms with Gasteiger partial charge >= 0.3 is 6.03 Å². The van der Waals surface area contributed by atoms with Gasteiger partial charge in [0.1, 0.15) is 11.6 Å². The van der Waals surface area contributed by atoms with Crippen LogP contribution >= 0.6 is 0 Å². The Bertz CT molecular complexity index is 1560. The lowest BCUT2D eigenvalue weighted by molar-refractivity contribution is 0.0962. The van der Waals surface area contributed by atoms with Crippen LogP contribution in [-0.2, 0) is 25.9 Å². The van der Waals surface area contributed by atoms with Crippen LogP contribution < -0.4 is 5.32 Å². The van der Waals surface area contributed by atoms with Gasteiger partial charge in [0.15, 0.2) is 0 Å². The molecule has 2 fully saturated rings. The topological polar surface area (TPSA) is 68.7 Å². The number of nitrogens with one attached hydrogen (secondary N) is 2. The average molecular weight is 545 g/mol. The van der Waals surface area contributed by atoms with E-state index in [4.69, 9.17) is 0 Å². The number of rotatable bonds is 5. The van der Waals surface area contributed by atoms with Crippen molar-refractivity contribution in [3.63, 3.8) is 0 Å². The number of H-pyrrole nitrogens is 1. The van der Waals surface area contributed by atoms with E-state index in [0.717, 1.165) is 61.0 Å². The Kier molecular flexibility index (Phi) is 6.34. The van der Waals surface area contributed by atoms with Crippen LogP contribution in [0.5, 0.6) is 0 Å². The Morgan fingerprint density at radius 3 is 2.75 bits per heavy atom. The molecule has 0 aliphatic carbocycles. The van der Waals surface area contributed by atoms with E-state index in [0.29, 0.717) is 19.1 Å². The number of urea groups is 1.